The number of benzene rings is 12. The fraction of sp³-hybridized carbons (Fsp3) is 0.0652. The first-order chi connectivity index (χ1) is 48.1. The van der Waals surface area contributed by atoms with E-state index in [9.17, 15) is 0 Å². The Hall–Kier alpha value is -12.4. The van der Waals surface area contributed by atoms with Crippen LogP contribution in [-0.2, 0) is 10.8 Å². The molecule has 0 unspecified atom stereocenters. The Kier molecular flexibility index (Phi) is 14.8. The van der Waals surface area contributed by atoms with E-state index in [0.717, 1.165) is 78.4 Å². The van der Waals surface area contributed by atoms with Crippen LogP contribution < -0.4 is 0 Å². The Labute approximate surface area is 571 Å². The third-order valence-electron chi connectivity index (χ3n) is 20.0. The van der Waals surface area contributed by atoms with Crippen molar-refractivity contribution in [1.82, 2.24) is 29.9 Å². The highest BCUT2D eigenvalue weighted by Gasteiger charge is 2.38. The number of hydrogen-bond donors (Lipinski definition) is 0. The molecule has 16 aromatic rings. The predicted molar refractivity (Wildman–Crippen MR) is 404 cm³/mol. The maximum atomic E-state index is 5.12. The molecule has 0 aliphatic heterocycles. The van der Waals surface area contributed by atoms with Gasteiger partial charge in [0.1, 0.15) is 0 Å². The summed E-state index contributed by atoms with van der Waals surface area (Å²) in [6.45, 7) is 9.42. The fourth-order valence-electron chi connectivity index (χ4n) is 14.9. The van der Waals surface area contributed by atoms with Crippen LogP contribution in [-0.4, -0.2) is 29.9 Å². The Morgan fingerprint density at radius 1 is 0.235 bits per heavy atom. The summed E-state index contributed by atoms with van der Waals surface area (Å²) in [5.74, 6) is 1.38. The van der Waals surface area contributed by atoms with Crippen molar-refractivity contribution in [3.8, 4) is 135 Å². The molecule has 4 heterocycles. The molecule has 6 nitrogen and oxygen atoms in total. The number of aromatic nitrogens is 6. The molecule has 0 N–H and O–H groups in total. The lowest BCUT2D eigenvalue weighted by Gasteiger charge is -2.23. The minimum absolute atomic E-state index is 0.0802. The zero-order chi connectivity index (χ0) is 65.9. The number of nitrogens with zero attached hydrogens (tertiary/aromatic N) is 6. The van der Waals surface area contributed by atoms with Crippen molar-refractivity contribution in [3.05, 3.63) is 350 Å². The molecule has 0 radical (unpaired) electrons. The SMILES string of the molecule is CC1(C)c2cc(-c3ccc(-c4cc(-c5cccnc5)nc(-c5cccc(-c6ccccc6)c5)n4)cc3)ccc2-c2ccc3ccccc3c21.CC1(C)c2cc(-c3ccc(-c4cc(-c5ccncc5)nc(-c5cccc(-c6ccccc6)c5)n4)cc3)ccc2-c2c1ccc1ccccc21. The van der Waals surface area contributed by atoms with Crippen LogP contribution in [0.3, 0.4) is 0 Å². The van der Waals surface area contributed by atoms with Gasteiger partial charge in [0, 0.05) is 69.0 Å². The molecule has 0 spiro atoms. The van der Waals surface area contributed by atoms with E-state index in [-0.39, 0.29) is 10.8 Å². The minimum Gasteiger partial charge on any atom is -0.265 e. The van der Waals surface area contributed by atoms with Crippen molar-refractivity contribution in [2.24, 2.45) is 0 Å². The lowest BCUT2D eigenvalue weighted by Crippen LogP contribution is -2.15. The molecule has 4 aromatic heterocycles. The molecule has 18 rings (SSSR count). The second-order valence-electron chi connectivity index (χ2n) is 26.6. The zero-order valence-corrected chi connectivity index (χ0v) is 54.9. The number of rotatable bonds is 10. The minimum atomic E-state index is -0.0979. The topological polar surface area (TPSA) is 77.3 Å². The van der Waals surface area contributed by atoms with Crippen LogP contribution in [0.5, 0.6) is 0 Å². The quantitative estimate of drug-likeness (QED) is 0.136. The summed E-state index contributed by atoms with van der Waals surface area (Å²) in [4.78, 5) is 28.9. The Balaban J connectivity index is 0.000000147. The maximum Gasteiger partial charge on any atom is 0.160 e. The van der Waals surface area contributed by atoms with Crippen LogP contribution in [0, 0.1) is 0 Å². The van der Waals surface area contributed by atoms with Gasteiger partial charge in [-0.25, -0.2) is 19.9 Å². The predicted octanol–water partition coefficient (Wildman–Crippen LogP) is 23.3. The molecule has 2 aliphatic carbocycles. The summed E-state index contributed by atoms with van der Waals surface area (Å²) in [5, 5.41) is 5.25. The molecular weight excluding hydrogens is 1190 g/mol. The van der Waals surface area contributed by atoms with Gasteiger partial charge in [0.15, 0.2) is 11.6 Å². The number of pyridine rings is 2. The molecular formula is C92H66N6. The smallest absolute Gasteiger partial charge is 0.160 e. The van der Waals surface area contributed by atoms with Gasteiger partial charge in [-0.2, -0.15) is 0 Å². The lowest BCUT2D eigenvalue weighted by molar-refractivity contribution is 0.661. The van der Waals surface area contributed by atoms with Crippen LogP contribution in [0.2, 0.25) is 0 Å². The molecule has 98 heavy (non-hydrogen) atoms. The van der Waals surface area contributed by atoms with E-state index in [0.29, 0.717) is 11.6 Å². The zero-order valence-electron chi connectivity index (χ0n) is 54.9. The Bertz CT molecular complexity index is 5710. The molecule has 2 aliphatic rings. The van der Waals surface area contributed by atoms with Crippen molar-refractivity contribution in [3.63, 3.8) is 0 Å². The molecule has 464 valence electrons. The van der Waals surface area contributed by atoms with Crippen molar-refractivity contribution < 1.29 is 0 Å². The number of fused-ring (bicyclic) bond motifs is 10. The molecule has 0 amide bonds. The molecule has 0 saturated heterocycles. The van der Waals surface area contributed by atoms with Crippen molar-refractivity contribution in [2.45, 2.75) is 38.5 Å². The molecule has 0 saturated carbocycles. The highest BCUT2D eigenvalue weighted by atomic mass is 14.9. The summed E-state index contributed by atoms with van der Waals surface area (Å²) < 4.78 is 0. The Morgan fingerprint density at radius 3 is 1.20 bits per heavy atom. The van der Waals surface area contributed by atoms with Crippen LogP contribution >= 0.6 is 0 Å². The van der Waals surface area contributed by atoms with Gasteiger partial charge in [-0.3, -0.25) is 9.97 Å². The van der Waals surface area contributed by atoms with Gasteiger partial charge in [0.2, 0.25) is 0 Å². The Morgan fingerprint density at radius 2 is 0.643 bits per heavy atom. The van der Waals surface area contributed by atoms with E-state index in [1.807, 2.05) is 42.6 Å². The van der Waals surface area contributed by atoms with Crippen LogP contribution in [0.4, 0.5) is 0 Å². The summed E-state index contributed by atoms with van der Waals surface area (Å²) in [6.07, 6.45) is 7.26. The molecule has 12 aromatic carbocycles. The standard InChI is InChI=1S/2C46H33N3/c1-46(2)41-27-35(22-23-39(41)40-24-21-32-12-6-7-16-38(32)44(40)46)31-17-19-33(20-18-31)42-28-43(37-15-9-25-47-29-37)49-45(48-42)36-14-8-13-34(26-36)30-10-4-3-5-11-30;1-46(2)40-22-20-32-11-6-7-14-38(32)44(40)39-21-19-36(28-41(39)46)31-15-17-33(18-16-31)42-29-43(34-23-25-47-26-24-34)49-45(48-42)37-13-8-12-35(27-37)30-9-4-3-5-10-30/h2*3-29H,1-2H3. The first-order valence-corrected chi connectivity index (χ1v) is 33.5. The van der Waals surface area contributed by atoms with Gasteiger partial charge >= 0.3 is 0 Å². The second-order valence-corrected chi connectivity index (χ2v) is 26.6. The van der Waals surface area contributed by atoms with Gasteiger partial charge in [-0.05, 0) is 171 Å². The monoisotopic (exact) mass is 1250 g/mol. The van der Waals surface area contributed by atoms with Crippen molar-refractivity contribution >= 4 is 21.5 Å². The van der Waals surface area contributed by atoms with Crippen LogP contribution in [0.1, 0.15) is 49.9 Å². The van der Waals surface area contributed by atoms with E-state index in [1.54, 1.807) is 18.6 Å². The van der Waals surface area contributed by atoms with Gasteiger partial charge in [-0.15, -0.1) is 0 Å². The second kappa shape index (κ2) is 24.4. The maximum absolute atomic E-state index is 5.12. The normalized spacial score (nSPS) is 12.9. The molecule has 0 atom stereocenters. The summed E-state index contributed by atoms with van der Waals surface area (Å²) in [6, 6.07) is 108. The summed E-state index contributed by atoms with van der Waals surface area (Å²) in [5.41, 5.74) is 29.6. The third-order valence-corrected chi connectivity index (χ3v) is 20.0. The largest absolute Gasteiger partial charge is 0.265 e. The van der Waals surface area contributed by atoms with E-state index in [4.69, 9.17) is 19.9 Å². The number of hydrogen-bond acceptors (Lipinski definition) is 6. The highest BCUT2D eigenvalue weighted by Crippen LogP contribution is 2.54. The molecule has 0 fully saturated rings. The summed E-state index contributed by atoms with van der Waals surface area (Å²) in [7, 11) is 0. The van der Waals surface area contributed by atoms with E-state index < -0.39 is 0 Å². The van der Waals surface area contributed by atoms with Crippen LogP contribution in [0.15, 0.2) is 328 Å². The van der Waals surface area contributed by atoms with Crippen molar-refractivity contribution in [2.75, 3.05) is 0 Å². The van der Waals surface area contributed by atoms with Gasteiger partial charge < -0.3 is 0 Å². The molecule has 6 heteroatoms. The van der Waals surface area contributed by atoms with Gasteiger partial charge in [0.25, 0.3) is 0 Å². The first kappa shape index (κ1) is 59.4. The van der Waals surface area contributed by atoms with Gasteiger partial charge in [-0.1, -0.05) is 270 Å². The fourth-order valence-corrected chi connectivity index (χ4v) is 14.9. The van der Waals surface area contributed by atoms with E-state index >= 15 is 0 Å². The van der Waals surface area contributed by atoms with E-state index in [1.165, 1.54) is 88.3 Å². The summed E-state index contributed by atoms with van der Waals surface area (Å²) >= 11 is 0. The molecule has 0 bridgehead atoms. The highest BCUT2D eigenvalue weighted by molar-refractivity contribution is 6.03. The lowest BCUT2D eigenvalue weighted by atomic mass is 9.79. The van der Waals surface area contributed by atoms with Crippen molar-refractivity contribution in [1.29, 1.82) is 0 Å². The van der Waals surface area contributed by atoms with Crippen LogP contribution in [0.25, 0.3) is 156 Å². The average Bonchev–Trinajstić information content (AvgIpc) is 1.57. The van der Waals surface area contributed by atoms with Gasteiger partial charge in [0.05, 0.1) is 22.8 Å². The van der Waals surface area contributed by atoms with E-state index in [2.05, 4.69) is 305 Å². The average molecular weight is 1260 g/mol. The third kappa shape index (κ3) is 10.8. The first-order valence-electron chi connectivity index (χ1n) is 33.5.